The van der Waals surface area contributed by atoms with Gasteiger partial charge in [0, 0.05) is 6.54 Å². The van der Waals surface area contributed by atoms with Crippen molar-refractivity contribution >= 4 is 5.91 Å². The number of carbonyl (C=O) groups excluding carboxylic acids is 1. The smallest absolute Gasteiger partial charge is 0.258 e. The lowest BCUT2D eigenvalue weighted by Gasteiger charge is -2.35. The highest BCUT2D eigenvalue weighted by Crippen LogP contribution is 2.22. The van der Waals surface area contributed by atoms with E-state index in [1.807, 2.05) is 0 Å². The molecule has 1 rings (SSSR count). The second-order valence-corrected chi connectivity index (χ2v) is 4.22. The Morgan fingerprint density at radius 2 is 2.13 bits per heavy atom. The first-order chi connectivity index (χ1) is 7.02. The van der Waals surface area contributed by atoms with Gasteiger partial charge in [-0.15, -0.1) is 0 Å². The monoisotopic (exact) mass is 220 g/mol. The maximum absolute atomic E-state index is 12.7. The summed E-state index contributed by atoms with van der Waals surface area (Å²) in [6.45, 7) is 0.685. The van der Waals surface area contributed by atoms with Gasteiger partial charge in [-0.3, -0.25) is 4.79 Å². The number of halogens is 2. The molecule has 3 nitrogen and oxygen atoms in total. The molecule has 0 N–H and O–H groups in total. The molecule has 0 unspecified atom stereocenters. The fraction of sp³-hybridized carbons (Fsp3) is 0.900. The van der Waals surface area contributed by atoms with E-state index in [1.165, 1.54) is 4.90 Å². The second kappa shape index (κ2) is 5.39. The Hall–Kier alpha value is -0.710. The van der Waals surface area contributed by atoms with Crippen LogP contribution in [0.2, 0.25) is 0 Å². The number of carbonyl (C=O) groups is 1. The van der Waals surface area contributed by atoms with Crippen LogP contribution >= 0.6 is 0 Å². The van der Waals surface area contributed by atoms with Crippen LogP contribution < -0.4 is 0 Å². The van der Waals surface area contributed by atoms with Crippen molar-refractivity contribution in [3.63, 3.8) is 0 Å². The van der Waals surface area contributed by atoms with E-state index in [0.717, 1.165) is 12.8 Å². The molecule has 1 aliphatic rings. The average Bonchev–Trinajstić information content (AvgIpc) is 2.16. The third-order valence-electron chi connectivity index (χ3n) is 2.61. The van der Waals surface area contributed by atoms with Crippen molar-refractivity contribution < 1.29 is 13.6 Å². The molecule has 5 heteroatoms. The summed E-state index contributed by atoms with van der Waals surface area (Å²) in [5, 5.41) is 0. The van der Waals surface area contributed by atoms with Gasteiger partial charge in [-0.1, -0.05) is 0 Å². The molecule has 1 saturated heterocycles. The fourth-order valence-corrected chi connectivity index (χ4v) is 1.89. The molecular formula is C10H18F2N2O. The Morgan fingerprint density at radius 3 is 2.67 bits per heavy atom. The van der Waals surface area contributed by atoms with Crippen molar-refractivity contribution in [1.82, 2.24) is 9.80 Å². The Kier molecular flexibility index (Phi) is 4.45. The molecule has 0 aromatic heterocycles. The highest BCUT2D eigenvalue weighted by Gasteiger charge is 2.32. The van der Waals surface area contributed by atoms with Crippen molar-refractivity contribution in [2.45, 2.75) is 31.7 Å². The first kappa shape index (κ1) is 12.4. The Balaban J connectivity index is 2.59. The molecule has 0 saturated carbocycles. The summed E-state index contributed by atoms with van der Waals surface area (Å²) in [5.74, 6) is -0.190. The van der Waals surface area contributed by atoms with Gasteiger partial charge >= 0.3 is 0 Å². The minimum absolute atomic E-state index is 0.190. The standard InChI is InChI=1S/C10H18F2N2O/c1-13(2)7-9(15)14-6-4-3-5-8(14)10(11)12/h8,10H,3-7H2,1-2H3/t8-/m1/s1. The van der Waals surface area contributed by atoms with Gasteiger partial charge in [0.2, 0.25) is 5.91 Å². The zero-order valence-corrected chi connectivity index (χ0v) is 9.25. The molecule has 0 radical (unpaired) electrons. The van der Waals surface area contributed by atoms with Gasteiger partial charge in [-0.25, -0.2) is 8.78 Å². The number of piperidine rings is 1. The van der Waals surface area contributed by atoms with E-state index < -0.39 is 12.5 Å². The third kappa shape index (κ3) is 3.41. The molecule has 0 spiro atoms. The van der Waals surface area contributed by atoms with Gasteiger partial charge in [0.1, 0.15) is 0 Å². The Labute approximate surface area is 89.0 Å². The minimum Gasteiger partial charge on any atom is -0.333 e. The van der Waals surface area contributed by atoms with Crippen LogP contribution in [0.1, 0.15) is 19.3 Å². The maximum atomic E-state index is 12.7. The van der Waals surface area contributed by atoms with Crippen molar-refractivity contribution in [1.29, 1.82) is 0 Å². The number of hydrogen-bond donors (Lipinski definition) is 0. The number of amides is 1. The van der Waals surface area contributed by atoms with E-state index in [0.29, 0.717) is 13.0 Å². The zero-order chi connectivity index (χ0) is 11.4. The van der Waals surface area contributed by atoms with Gasteiger partial charge < -0.3 is 9.80 Å². The summed E-state index contributed by atoms with van der Waals surface area (Å²) in [6, 6.07) is -0.869. The quantitative estimate of drug-likeness (QED) is 0.713. The lowest BCUT2D eigenvalue weighted by Crippen LogP contribution is -2.50. The van der Waals surface area contributed by atoms with Crippen LogP contribution in [0.3, 0.4) is 0 Å². The molecule has 1 fully saturated rings. The minimum atomic E-state index is -2.42. The first-order valence-corrected chi connectivity index (χ1v) is 5.24. The molecule has 0 aliphatic carbocycles. The number of likely N-dealkylation sites (tertiary alicyclic amines) is 1. The second-order valence-electron chi connectivity index (χ2n) is 4.22. The first-order valence-electron chi connectivity index (χ1n) is 5.24. The Bertz CT molecular complexity index is 221. The summed E-state index contributed by atoms with van der Waals surface area (Å²) in [7, 11) is 3.53. The Morgan fingerprint density at radius 1 is 1.47 bits per heavy atom. The summed E-state index contributed by atoms with van der Waals surface area (Å²) < 4.78 is 25.3. The number of hydrogen-bond acceptors (Lipinski definition) is 2. The fourth-order valence-electron chi connectivity index (χ4n) is 1.89. The topological polar surface area (TPSA) is 23.6 Å². The summed E-state index contributed by atoms with van der Waals surface area (Å²) in [6.07, 6.45) is -0.364. The lowest BCUT2D eigenvalue weighted by molar-refractivity contribution is -0.139. The van der Waals surface area contributed by atoms with E-state index in [9.17, 15) is 13.6 Å². The van der Waals surface area contributed by atoms with Crippen LogP contribution in [0.4, 0.5) is 8.78 Å². The van der Waals surface area contributed by atoms with Gasteiger partial charge in [-0.05, 0) is 33.4 Å². The lowest BCUT2D eigenvalue weighted by atomic mass is 10.0. The highest BCUT2D eigenvalue weighted by atomic mass is 19.3. The molecule has 15 heavy (non-hydrogen) atoms. The van der Waals surface area contributed by atoms with Crippen LogP contribution in [-0.4, -0.2) is 55.4 Å². The summed E-state index contributed by atoms with van der Waals surface area (Å²) >= 11 is 0. The molecule has 1 aliphatic heterocycles. The van der Waals surface area contributed by atoms with Gasteiger partial charge in [-0.2, -0.15) is 0 Å². The van der Waals surface area contributed by atoms with Crippen molar-refractivity contribution in [2.75, 3.05) is 27.2 Å². The van der Waals surface area contributed by atoms with Crippen molar-refractivity contribution in [2.24, 2.45) is 0 Å². The van der Waals surface area contributed by atoms with Crippen LogP contribution in [0, 0.1) is 0 Å². The zero-order valence-electron chi connectivity index (χ0n) is 9.25. The van der Waals surface area contributed by atoms with Crippen molar-refractivity contribution in [3.05, 3.63) is 0 Å². The van der Waals surface area contributed by atoms with E-state index in [2.05, 4.69) is 0 Å². The van der Waals surface area contributed by atoms with Gasteiger partial charge in [0.25, 0.3) is 6.43 Å². The number of likely N-dealkylation sites (N-methyl/N-ethyl adjacent to an activating group) is 1. The number of alkyl halides is 2. The molecule has 1 atom stereocenters. The normalized spacial score (nSPS) is 22.5. The molecule has 0 bridgehead atoms. The van der Waals surface area contributed by atoms with Crippen molar-refractivity contribution in [3.8, 4) is 0 Å². The SMILES string of the molecule is CN(C)CC(=O)N1CCCC[C@@H]1C(F)F. The predicted octanol–water partition coefficient (Wildman–Crippen LogP) is 1.19. The van der Waals surface area contributed by atoms with Crippen LogP contribution in [-0.2, 0) is 4.79 Å². The van der Waals surface area contributed by atoms with E-state index >= 15 is 0 Å². The highest BCUT2D eigenvalue weighted by molar-refractivity contribution is 5.78. The number of nitrogens with zero attached hydrogens (tertiary/aromatic N) is 2. The third-order valence-corrected chi connectivity index (χ3v) is 2.61. The molecule has 0 aromatic rings. The molecule has 88 valence electrons. The van der Waals surface area contributed by atoms with E-state index in [-0.39, 0.29) is 12.5 Å². The average molecular weight is 220 g/mol. The largest absolute Gasteiger partial charge is 0.333 e. The van der Waals surface area contributed by atoms with Crippen LogP contribution in [0.5, 0.6) is 0 Å². The molecular weight excluding hydrogens is 202 g/mol. The van der Waals surface area contributed by atoms with E-state index in [4.69, 9.17) is 0 Å². The number of rotatable bonds is 3. The molecule has 1 amide bonds. The molecule has 1 heterocycles. The predicted molar refractivity (Wildman–Crippen MR) is 53.9 cm³/mol. The summed E-state index contributed by atoms with van der Waals surface area (Å²) in [5.41, 5.74) is 0. The summed E-state index contributed by atoms with van der Waals surface area (Å²) in [4.78, 5) is 14.7. The van der Waals surface area contributed by atoms with Crippen LogP contribution in [0.15, 0.2) is 0 Å². The molecule has 0 aromatic carbocycles. The van der Waals surface area contributed by atoms with Gasteiger partial charge in [0.15, 0.2) is 0 Å². The van der Waals surface area contributed by atoms with Crippen LogP contribution in [0.25, 0.3) is 0 Å². The van der Waals surface area contributed by atoms with E-state index in [1.54, 1.807) is 19.0 Å². The maximum Gasteiger partial charge on any atom is 0.258 e. The van der Waals surface area contributed by atoms with Gasteiger partial charge in [0.05, 0.1) is 12.6 Å².